The van der Waals surface area contributed by atoms with Crippen LogP contribution in [0.4, 0.5) is 5.69 Å². The Balaban J connectivity index is 2.21. The highest BCUT2D eigenvalue weighted by Gasteiger charge is 1.99. The van der Waals surface area contributed by atoms with Crippen molar-refractivity contribution in [3.05, 3.63) is 23.8 Å². The summed E-state index contributed by atoms with van der Waals surface area (Å²) in [5.74, 6) is 0.963. The smallest absolute Gasteiger partial charge is 0.122 e. The summed E-state index contributed by atoms with van der Waals surface area (Å²) in [4.78, 5) is 0. The Morgan fingerprint density at radius 1 is 1.12 bits per heavy atom. The average Bonchev–Trinajstić information content (AvgIpc) is 2.26. The van der Waals surface area contributed by atoms with E-state index in [-0.39, 0.29) is 0 Å². The van der Waals surface area contributed by atoms with Gasteiger partial charge in [-0.3, -0.25) is 0 Å². The summed E-state index contributed by atoms with van der Waals surface area (Å²) in [6.07, 6.45) is 6.35. The van der Waals surface area contributed by atoms with Gasteiger partial charge in [-0.1, -0.05) is 32.6 Å². The monoisotopic (exact) mass is 221 g/mol. The second kappa shape index (κ2) is 7.15. The third kappa shape index (κ3) is 4.56. The minimum absolute atomic E-state index is 0.799. The van der Waals surface area contributed by atoms with Crippen molar-refractivity contribution in [2.24, 2.45) is 0 Å². The van der Waals surface area contributed by atoms with E-state index >= 15 is 0 Å². The zero-order chi connectivity index (χ0) is 11.8. The van der Waals surface area contributed by atoms with E-state index in [0.717, 1.165) is 30.0 Å². The molecular formula is C14H23NO. The maximum atomic E-state index is 5.72. The van der Waals surface area contributed by atoms with Crippen LogP contribution in [0.25, 0.3) is 0 Å². The minimum atomic E-state index is 0.799. The Morgan fingerprint density at radius 2 is 1.88 bits per heavy atom. The summed E-state index contributed by atoms with van der Waals surface area (Å²) < 4.78 is 5.72. The van der Waals surface area contributed by atoms with Gasteiger partial charge < -0.3 is 10.5 Å². The predicted molar refractivity (Wildman–Crippen MR) is 69.8 cm³/mol. The van der Waals surface area contributed by atoms with Crippen LogP contribution < -0.4 is 10.5 Å². The molecule has 0 aromatic heterocycles. The number of unbranched alkanes of at least 4 members (excludes halogenated alkanes) is 4. The van der Waals surface area contributed by atoms with Gasteiger partial charge in [0.15, 0.2) is 0 Å². The molecule has 90 valence electrons. The summed E-state index contributed by atoms with van der Waals surface area (Å²) in [6.45, 7) is 5.07. The van der Waals surface area contributed by atoms with E-state index in [1.807, 2.05) is 25.1 Å². The van der Waals surface area contributed by atoms with Gasteiger partial charge >= 0.3 is 0 Å². The number of aryl methyl sites for hydroxylation is 1. The number of nitrogens with two attached hydrogens (primary N) is 1. The van der Waals surface area contributed by atoms with Crippen LogP contribution in [0.3, 0.4) is 0 Å². The van der Waals surface area contributed by atoms with Crippen molar-refractivity contribution in [3.8, 4) is 5.75 Å². The normalized spacial score (nSPS) is 10.4. The fraction of sp³-hybridized carbons (Fsp3) is 0.571. The van der Waals surface area contributed by atoms with E-state index in [9.17, 15) is 0 Å². The summed E-state index contributed by atoms with van der Waals surface area (Å²) in [5, 5.41) is 0. The van der Waals surface area contributed by atoms with Gasteiger partial charge in [0.1, 0.15) is 5.75 Å². The molecule has 2 nitrogen and oxygen atoms in total. The molecule has 0 saturated carbocycles. The van der Waals surface area contributed by atoms with Crippen molar-refractivity contribution in [2.45, 2.75) is 46.0 Å². The van der Waals surface area contributed by atoms with Crippen molar-refractivity contribution in [1.82, 2.24) is 0 Å². The van der Waals surface area contributed by atoms with Gasteiger partial charge in [-0.05, 0) is 37.1 Å². The van der Waals surface area contributed by atoms with Gasteiger partial charge in [-0.15, -0.1) is 0 Å². The van der Waals surface area contributed by atoms with E-state index in [4.69, 9.17) is 10.5 Å². The Hall–Kier alpha value is -1.18. The predicted octanol–water partition coefficient (Wildman–Crippen LogP) is 3.93. The molecule has 2 N–H and O–H groups in total. The molecule has 2 heteroatoms. The van der Waals surface area contributed by atoms with Crippen LogP contribution >= 0.6 is 0 Å². The molecular weight excluding hydrogens is 198 g/mol. The molecule has 0 saturated heterocycles. The van der Waals surface area contributed by atoms with E-state index in [1.54, 1.807) is 0 Å². The highest BCUT2D eigenvalue weighted by molar-refractivity contribution is 5.47. The van der Waals surface area contributed by atoms with Crippen LogP contribution in [0.2, 0.25) is 0 Å². The van der Waals surface area contributed by atoms with Gasteiger partial charge in [0, 0.05) is 5.69 Å². The molecule has 0 radical (unpaired) electrons. The number of nitrogen functional groups attached to an aromatic ring is 1. The van der Waals surface area contributed by atoms with Crippen LogP contribution in [0.15, 0.2) is 18.2 Å². The summed E-state index contributed by atoms with van der Waals surface area (Å²) >= 11 is 0. The lowest BCUT2D eigenvalue weighted by Crippen LogP contribution is -1.99. The third-order valence-corrected chi connectivity index (χ3v) is 2.70. The molecule has 0 amide bonds. The fourth-order valence-electron chi connectivity index (χ4n) is 1.72. The molecule has 1 aromatic carbocycles. The van der Waals surface area contributed by atoms with Gasteiger partial charge in [0.25, 0.3) is 0 Å². The summed E-state index contributed by atoms with van der Waals surface area (Å²) in [5.41, 5.74) is 7.60. The molecule has 0 spiro atoms. The molecule has 0 aliphatic heterocycles. The molecule has 16 heavy (non-hydrogen) atoms. The lowest BCUT2D eigenvalue weighted by atomic mass is 10.1. The molecule has 0 fully saturated rings. The van der Waals surface area contributed by atoms with Crippen molar-refractivity contribution in [2.75, 3.05) is 12.3 Å². The second-order valence-corrected chi connectivity index (χ2v) is 4.29. The number of hydrogen-bond acceptors (Lipinski definition) is 2. The molecule has 0 aliphatic rings. The van der Waals surface area contributed by atoms with Crippen molar-refractivity contribution < 1.29 is 4.74 Å². The first-order chi connectivity index (χ1) is 7.74. The molecule has 0 aliphatic carbocycles. The third-order valence-electron chi connectivity index (χ3n) is 2.70. The quantitative estimate of drug-likeness (QED) is 0.559. The second-order valence-electron chi connectivity index (χ2n) is 4.29. The van der Waals surface area contributed by atoms with Crippen LogP contribution in [0.5, 0.6) is 5.75 Å². The van der Waals surface area contributed by atoms with Gasteiger partial charge in [0.05, 0.1) is 6.61 Å². The first-order valence-corrected chi connectivity index (χ1v) is 6.23. The molecule has 0 heterocycles. The zero-order valence-electron chi connectivity index (χ0n) is 10.5. The Morgan fingerprint density at radius 3 is 2.56 bits per heavy atom. The number of ether oxygens (including phenoxy) is 1. The van der Waals surface area contributed by atoms with Crippen molar-refractivity contribution >= 4 is 5.69 Å². The van der Waals surface area contributed by atoms with Crippen LogP contribution in [0.1, 0.15) is 44.6 Å². The molecule has 1 rings (SSSR count). The van der Waals surface area contributed by atoms with E-state index < -0.39 is 0 Å². The molecule has 0 unspecified atom stereocenters. The lowest BCUT2D eigenvalue weighted by Gasteiger charge is -2.09. The Kier molecular flexibility index (Phi) is 5.76. The number of hydrogen-bond donors (Lipinski definition) is 1. The average molecular weight is 221 g/mol. The standard InChI is InChI=1S/C14H23NO/c1-3-4-5-6-7-10-16-14-9-8-13(15)11-12(14)2/h8-9,11H,3-7,10,15H2,1-2H3. The van der Waals surface area contributed by atoms with Gasteiger partial charge in [0.2, 0.25) is 0 Å². The first kappa shape index (κ1) is 12.9. The summed E-state index contributed by atoms with van der Waals surface area (Å²) in [7, 11) is 0. The van der Waals surface area contributed by atoms with Crippen LogP contribution in [-0.4, -0.2) is 6.61 Å². The van der Waals surface area contributed by atoms with Crippen LogP contribution in [-0.2, 0) is 0 Å². The molecule has 0 atom stereocenters. The van der Waals surface area contributed by atoms with E-state index in [2.05, 4.69) is 6.92 Å². The zero-order valence-corrected chi connectivity index (χ0v) is 10.5. The Labute approximate surface area is 98.8 Å². The van der Waals surface area contributed by atoms with E-state index in [0.29, 0.717) is 0 Å². The number of benzene rings is 1. The van der Waals surface area contributed by atoms with Crippen molar-refractivity contribution in [3.63, 3.8) is 0 Å². The maximum absolute atomic E-state index is 5.72. The fourth-order valence-corrected chi connectivity index (χ4v) is 1.72. The number of anilines is 1. The molecule has 1 aromatic rings. The maximum Gasteiger partial charge on any atom is 0.122 e. The van der Waals surface area contributed by atoms with Gasteiger partial charge in [-0.2, -0.15) is 0 Å². The number of rotatable bonds is 7. The highest BCUT2D eigenvalue weighted by atomic mass is 16.5. The largest absolute Gasteiger partial charge is 0.493 e. The lowest BCUT2D eigenvalue weighted by molar-refractivity contribution is 0.302. The van der Waals surface area contributed by atoms with Crippen LogP contribution in [0, 0.1) is 6.92 Å². The van der Waals surface area contributed by atoms with E-state index in [1.165, 1.54) is 25.7 Å². The molecule has 0 bridgehead atoms. The summed E-state index contributed by atoms with van der Waals surface area (Å²) in [6, 6.07) is 5.79. The minimum Gasteiger partial charge on any atom is -0.493 e. The SMILES string of the molecule is CCCCCCCOc1ccc(N)cc1C. The van der Waals surface area contributed by atoms with Crippen molar-refractivity contribution in [1.29, 1.82) is 0 Å². The first-order valence-electron chi connectivity index (χ1n) is 6.23. The highest BCUT2D eigenvalue weighted by Crippen LogP contribution is 2.20. The van der Waals surface area contributed by atoms with Gasteiger partial charge in [-0.25, -0.2) is 0 Å². The topological polar surface area (TPSA) is 35.2 Å². The Bertz CT molecular complexity index is 310.